The molecule has 1 saturated heterocycles. The second-order valence-electron chi connectivity index (χ2n) is 7.67. The van der Waals surface area contributed by atoms with E-state index in [1.54, 1.807) is 13.3 Å². The number of hydrogen-bond donors (Lipinski definition) is 0. The number of ether oxygens (including phenoxy) is 3. The number of imidazole rings is 1. The third kappa shape index (κ3) is 5.45. The highest BCUT2D eigenvalue weighted by molar-refractivity contribution is 7.99. The van der Waals surface area contributed by atoms with E-state index in [-0.39, 0.29) is 6.10 Å². The van der Waals surface area contributed by atoms with Crippen LogP contribution in [0.15, 0.2) is 72.1 Å². The second-order valence-corrected chi connectivity index (χ2v) is 8.77. The molecule has 0 bridgehead atoms. The largest absolute Gasteiger partial charge is 0.497 e. The molecule has 1 aliphatic heterocycles. The molecule has 4 rings (SSSR count). The quantitative estimate of drug-likeness (QED) is 0.465. The maximum absolute atomic E-state index is 6.52. The van der Waals surface area contributed by atoms with Crippen molar-refractivity contribution in [3.63, 3.8) is 0 Å². The average Bonchev–Trinajstić information content (AvgIpc) is 3.42. The summed E-state index contributed by atoms with van der Waals surface area (Å²) in [4.78, 5) is 5.44. The molecule has 0 aliphatic carbocycles. The summed E-state index contributed by atoms with van der Waals surface area (Å²) >= 11 is 1.82. The van der Waals surface area contributed by atoms with Crippen molar-refractivity contribution in [2.24, 2.45) is 0 Å². The highest BCUT2D eigenvalue weighted by Gasteiger charge is 2.41. The van der Waals surface area contributed by atoms with Gasteiger partial charge < -0.3 is 18.8 Å². The fraction of sp³-hybridized carbons (Fsp3) is 0.375. The minimum Gasteiger partial charge on any atom is -0.497 e. The molecule has 1 aromatic heterocycles. The second kappa shape index (κ2) is 9.69. The Morgan fingerprint density at radius 1 is 1.23 bits per heavy atom. The van der Waals surface area contributed by atoms with Crippen LogP contribution in [0.2, 0.25) is 0 Å². The molecule has 0 amide bonds. The zero-order chi connectivity index (χ0) is 20.8. The molecule has 5 nitrogen and oxygen atoms in total. The van der Waals surface area contributed by atoms with E-state index in [0.717, 1.165) is 24.3 Å². The van der Waals surface area contributed by atoms with Gasteiger partial charge in [0.25, 0.3) is 0 Å². The van der Waals surface area contributed by atoms with Crippen molar-refractivity contribution in [2.45, 2.75) is 43.1 Å². The summed E-state index contributed by atoms with van der Waals surface area (Å²) in [5, 5.41) is 0. The first-order chi connectivity index (χ1) is 14.6. The van der Waals surface area contributed by atoms with E-state index in [9.17, 15) is 0 Å². The number of hydrogen-bond acceptors (Lipinski definition) is 5. The van der Waals surface area contributed by atoms with E-state index in [1.807, 2.05) is 41.0 Å². The fourth-order valence-electron chi connectivity index (χ4n) is 3.67. The molecule has 1 fully saturated rings. The molecule has 0 N–H and O–H groups in total. The zero-order valence-electron chi connectivity index (χ0n) is 17.5. The predicted molar refractivity (Wildman–Crippen MR) is 119 cm³/mol. The van der Waals surface area contributed by atoms with Gasteiger partial charge in [-0.3, -0.25) is 0 Å². The van der Waals surface area contributed by atoms with Gasteiger partial charge in [0.2, 0.25) is 0 Å². The third-order valence-corrected chi connectivity index (χ3v) is 6.40. The van der Waals surface area contributed by atoms with Crippen molar-refractivity contribution >= 4 is 11.8 Å². The lowest BCUT2D eigenvalue weighted by atomic mass is 10.0. The first kappa shape index (κ1) is 21.0. The van der Waals surface area contributed by atoms with E-state index in [4.69, 9.17) is 14.2 Å². The van der Waals surface area contributed by atoms with Crippen LogP contribution in [0.1, 0.15) is 17.5 Å². The SMILES string of the molecule is COc1ccc(CCC2(Cn3ccnc3)OCC(CSc3cccc(C)c3)O2)cc1. The summed E-state index contributed by atoms with van der Waals surface area (Å²) < 4.78 is 20.1. The van der Waals surface area contributed by atoms with Crippen LogP contribution >= 0.6 is 11.8 Å². The Morgan fingerprint density at radius 2 is 2.10 bits per heavy atom. The Morgan fingerprint density at radius 3 is 2.83 bits per heavy atom. The van der Waals surface area contributed by atoms with Gasteiger partial charge in [-0.25, -0.2) is 4.98 Å². The van der Waals surface area contributed by atoms with E-state index in [2.05, 4.69) is 48.3 Å². The van der Waals surface area contributed by atoms with E-state index in [1.165, 1.54) is 16.0 Å². The lowest BCUT2D eigenvalue weighted by molar-refractivity contribution is -0.180. The standard InChI is InChI=1S/C24H28N2O3S/c1-19-4-3-5-23(14-19)30-16-22-15-28-24(29-22,17-26-13-12-25-18-26)11-10-20-6-8-21(27-2)9-7-20/h3-9,12-14,18,22H,10-11,15-17H2,1-2H3. The van der Waals surface area contributed by atoms with Gasteiger partial charge in [-0.2, -0.15) is 0 Å². The Labute approximate surface area is 182 Å². The molecule has 3 aromatic rings. The summed E-state index contributed by atoms with van der Waals surface area (Å²) in [6, 6.07) is 16.8. The number of aromatic nitrogens is 2. The third-order valence-electron chi connectivity index (χ3n) is 5.28. The van der Waals surface area contributed by atoms with Crippen LogP contribution in [0.3, 0.4) is 0 Å². The molecule has 30 heavy (non-hydrogen) atoms. The van der Waals surface area contributed by atoms with Crippen molar-refractivity contribution in [1.82, 2.24) is 9.55 Å². The summed E-state index contributed by atoms with van der Waals surface area (Å²) in [6.45, 7) is 3.36. The summed E-state index contributed by atoms with van der Waals surface area (Å²) in [5.74, 6) is 1.10. The predicted octanol–water partition coefficient (Wildman–Crippen LogP) is 4.74. The van der Waals surface area contributed by atoms with Crippen molar-refractivity contribution in [2.75, 3.05) is 19.5 Å². The molecule has 0 saturated carbocycles. The molecule has 0 spiro atoms. The summed E-state index contributed by atoms with van der Waals surface area (Å²) in [7, 11) is 1.68. The Hall–Kier alpha value is -2.28. The van der Waals surface area contributed by atoms with Gasteiger partial charge >= 0.3 is 0 Å². The van der Waals surface area contributed by atoms with Crippen LogP contribution in [0.4, 0.5) is 0 Å². The number of aryl methyl sites for hydroxylation is 2. The molecule has 1 aliphatic rings. The minimum absolute atomic E-state index is 0.0647. The first-order valence-corrected chi connectivity index (χ1v) is 11.2. The molecule has 2 heterocycles. The van der Waals surface area contributed by atoms with E-state index < -0.39 is 5.79 Å². The normalized spacial score (nSPS) is 21.1. The van der Waals surface area contributed by atoms with Crippen molar-refractivity contribution in [3.05, 3.63) is 78.4 Å². The number of nitrogens with zero attached hydrogens (tertiary/aromatic N) is 2. The fourth-order valence-corrected chi connectivity index (χ4v) is 4.66. The van der Waals surface area contributed by atoms with Gasteiger partial charge in [0.05, 0.1) is 32.7 Å². The van der Waals surface area contributed by atoms with Gasteiger partial charge in [0, 0.05) is 29.5 Å². The van der Waals surface area contributed by atoms with Gasteiger partial charge in [-0.15, -0.1) is 11.8 Å². The molecule has 6 heteroatoms. The number of thioether (sulfide) groups is 1. The molecular formula is C24H28N2O3S. The monoisotopic (exact) mass is 424 g/mol. The summed E-state index contributed by atoms with van der Waals surface area (Å²) in [6.07, 6.45) is 7.28. The highest BCUT2D eigenvalue weighted by atomic mass is 32.2. The van der Waals surface area contributed by atoms with Crippen LogP contribution in [0.25, 0.3) is 0 Å². The average molecular weight is 425 g/mol. The topological polar surface area (TPSA) is 45.5 Å². The number of methoxy groups -OCH3 is 1. The van der Waals surface area contributed by atoms with Crippen molar-refractivity contribution in [1.29, 1.82) is 0 Å². The Bertz CT molecular complexity index is 930. The molecule has 2 unspecified atom stereocenters. The van der Waals surface area contributed by atoms with Gasteiger partial charge in [0.1, 0.15) is 5.75 Å². The van der Waals surface area contributed by atoms with Gasteiger partial charge in [-0.1, -0.05) is 29.8 Å². The van der Waals surface area contributed by atoms with E-state index >= 15 is 0 Å². The smallest absolute Gasteiger partial charge is 0.187 e. The van der Waals surface area contributed by atoms with Crippen molar-refractivity contribution < 1.29 is 14.2 Å². The molecule has 2 atom stereocenters. The van der Waals surface area contributed by atoms with Crippen molar-refractivity contribution in [3.8, 4) is 5.75 Å². The summed E-state index contributed by atoms with van der Waals surface area (Å²) in [5.41, 5.74) is 2.52. The van der Waals surface area contributed by atoms with Gasteiger partial charge in [0.15, 0.2) is 5.79 Å². The minimum atomic E-state index is -0.640. The first-order valence-electron chi connectivity index (χ1n) is 10.2. The van der Waals surface area contributed by atoms with E-state index in [0.29, 0.717) is 13.2 Å². The zero-order valence-corrected chi connectivity index (χ0v) is 18.3. The van der Waals surface area contributed by atoms with Crippen LogP contribution in [-0.4, -0.2) is 40.9 Å². The molecular weight excluding hydrogens is 396 g/mol. The maximum atomic E-state index is 6.52. The van der Waals surface area contributed by atoms with Crippen LogP contribution < -0.4 is 4.74 Å². The highest BCUT2D eigenvalue weighted by Crippen LogP contribution is 2.33. The van der Waals surface area contributed by atoms with Gasteiger partial charge in [-0.05, 0) is 43.2 Å². The molecule has 2 aromatic carbocycles. The lowest BCUT2D eigenvalue weighted by Gasteiger charge is -2.28. The molecule has 0 radical (unpaired) electrons. The maximum Gasteiger partial charge on any atom is 0.187 e. The Kier molecular flexibility index (Phi) is 6.77. The van der Waals surface area contributed by atoms with Crippen LogP contribution in [0, 0.1) is 6.92 Å². The van der Waals surface area contributed by atoms with Crippen LogP contribution in [0.5, 0.6) is 5.75 Å². The Balaban J connectivity index is 1.40. The molecule has 158 valence electrons. The number of benzene rings is 2. The number of rotatable bonds is 9. The van der Waals surface area contributed by atoms with Crippen LogP contribution in [-0.2, 0) is 22.4 Å². The lowest BCUT2D eigenvalue weighted by Crippen LogP contribution is -2.37.